The summed E-state index contributed by atoms with van der Waals surface area (Å²) < 4.78 is 19.8. The Morgan fingerprint density at radius 1 is 0.684 bits per heavy atom. The molecule has 6 aromatic rings. The van der Waals surface area contributed by atoms with Gasteiger partial charge in [0.25, 0.3) is 11.8 Å². The zero-order valence-corrected chi connectivity index (χ0v) is 31.9. The number of amides is 4. The molecule has 2 aliphatic heterocycles. The fourth-order valence-corrected chi connectivity index (χ4v) is 8.50. The molecule has 0 radical (unpaired) electrons. The molecule has 6 heterocycles. The van der Waals surface area contributed by atoms with Crippen molar-refractivity contribution >= 4 is 57.6 Å². The van der Waals surface area contributed by atoms with E-state index in [-0.39, 0.29) is 35.0 Å². The average molecular weight is 775 g/mol. The maximum Gasteiger partial charge on any atom is 0.276 e. The van der Waals surface area contributed by atoms with E-state index in [9.17, 15) is 19.2 Å². The molecule has 18 nitrogen and oxygen atoms in total. The van der Waals surface area contributed by atoms with Gasteiger partial charge in [0.1, 0.15) is 47.1 Å². The van der Waals surface area contributed by atoms with Gasteiger partial charge in [0, 0.05) is 24.2 Å². The zero-order valence-electron chi connectivity index (χ0n) is 31.9. The van der Waals surface area contributed by atoms with Gasteiger partial charge in [-0.05, 0) is 95.2 Å². The number of carbonyl (C=O) groups is 4. The Bertz CT molecular complexity index is 2490. The quantitative estimate of drug-likeness (QED) is 0.139. The molecule has 18 heteroatoms. The lowest BCUT2D eigenvalue weighted by Gasteiger charge is -2.29. The SMILES string of the molecule is CCn1nc(C)cc1C(=O)Nc1nc2cc(C(N)=O)cc3c2n1[C@@H](CC1CC1C[C@H]1COc2cc(C(N)=O)cc4nc(NC(=O)c5cc(C)nn5CC)n1c24)CO3. The number of primary amides is 2. The van der Waals surface area contributed by atoms with Crippen molar-refractivity contribution < 1.29 is 28.7 Å². The highest BCUT2D eigenvalue weighted by molar-refractivity contribution is 6.05. The number of nitrogens with one attached hydrogen (secondary N) is 2. The first-order valence-electron chi connectivity index (χ1n) is 19.1. The second kappa shape index (κ2) is 13.5. The van der Waals surface area contributed by atoms with Crippen molar-refractivity contribution in [3.05, 3.63) is 70.3 Å². The second-order valence-electron chi connectivity index (χ2n) is 15.1. The van der Waals surface area contributed by atoms with Crippen molar-refractivity contribution in [1.82, 2.24) is 38.7 Å². The number of hydrogen-bond acceptors (Lipinski definition) is 10. The maximum atomic E-state index is 13.6. The molecule has 1 aliphatic carbocycles. The molecule has 9 rings (SSSR count). The predicted molar refractivity (Wildman–Crippen MR) is 208 cm³/mol. The van der Waals surface area contributed by atoms with Crippen LogP contribution in [0.4, 0.5) is 11.9 Å². The van der Waals surface area contributed by atoms with E-state index in [0.717, 1.165) is 30.7 Å². The van der Waals surface area contributed by atoms with Crippen LogP contribution in [0.5, 0.6) is 11.5 Å². The van der Waals surface area contributed by atoms with Gasteiger partial charge in [-0.15, -0.1) is 0 Å². The number of imidazole rings is 2. The highest BCUT2D eigenvalue weighted by atomic mass is 16.5. The molecule has 57 heavy (non-hydrogen) atoms. The summed E-state index contributed by atoms with van der Waals surface area (Å²) in [5, 5.41) is 14.9. The summed E-state index contributed by atoms with van der Waals surface area (Å²) >= 11 is 0. The van der Waals surface area contributed by atoms with Gasteiger partial charge in [-0.1, -0.05) is 0 Å². The monoisotopic (exact) mass is 774 g/mol. The van der Waals surface area contributed by atoms with Gasteiger partial charge in [0.2, 0.25) is 23.7 Å². The van der Waals surface area contributed by atoms with Crippen LogP contribution in [0.1, 0.15) is 98.3 Å². The van der Waals surface area contributed by atoms with E-state index < -0.39 is 11.8 Å². The van der Waals surface area contributed by atoms with E-state index >= 15 is 0 Å². The molecular weight excluding hydrogens is 733 g/mol. The van der Waals surface area contributed by atoms with Crippen LogP contribution in [0.25, 0.3) is 22.1 Å². The average Bonchev–Trinajstić information content (AvgIpc) is 3.52. The van der Waals surface area contributed by atoms with Crippen molar-refractivity contribution in [2.75, 3.05) is 23.8 Å². The number of ether oxygens (including phenoxy) is 2. The molecular formula is C39H42N12O6. The van der Waals surface area contributed by atoms with Crippen molar-refractivity contribution in [2.24, 2.45) is 23.3 Å². The number of aryl methyl sites for hydroxylation is 4. The van der Waals surface area contributed by atoms with Crippen LogP contribution in [0.2, 0.25) is 0 Å². The van der Waals surface area contributed by atoms with Crippen molar-refractivity contribution in [3.8, 4) is 11.5 Å². The molecule has 4 atom stereocenters. The minimum absolute atomic E-state index is 0.178. The van der Waals surface area contributed by atoms with Gasteiger partial charge in [-0.25, -0.2) is 9.97 Å². The summed E-state index contributed by atoms with van der Waals surface area (Å²) in [7, 11) is 0. The third-order valence-corrected chi connectivity index (χ3v) is 11.2. The Balaban J connectivity index is 0.997. The van der Waals surface area contributed by atoms with Crippen LogP contribution in [-0.2, 0) is 13.1 Å². The van der Waals surface area contributed by atoms with Gasteiger partial charge in [0.05, 0.1) is 34.5 Å². The number of anilines is 2. The molecule has 2 unspecified atom stereocenters. The first-order chi connectivity index (χ1) is 27.4. The normalized spacial score (nSPS) is 19.3. The van der Waals surface area contributed by atoms with Gasteiger partial charge < -0.3 is 30.1 Å². The summed E-state index contributed by atoms with van der Waals surface area (Å²) in [5.74, 6) is 0.327. The van der Waals surface area contributed by atoms with E-state index in [2.05, 4.69) is 20.8 Å². The predicted octanol–water partition coefficient (Wildman–Crippen LogP) is 4.12. The number of nitrogens with zero attached hydrogens (tertiary/aromatic N) is 8. The molecule has 0 spiro atoms. The van der Waals surface area contributed by atoms with Gasteiger partial charge in [-0.3, -0.25) is 39.2 Å². The molecule has 2 aromatic carbocycles. The molecule has 294 valence electrons. The van der Waals surface area contributed by atoms with Crippen LogP contribution < -0.4 is 31.6 Å². The number of nitrogens with two attached hydrogens (primary N) is 2. The van der Waals surface area contributed by atoms with Crippen molar-refractivity contribution in [3.63, 3.8) is 0 Å². The largest absolute Gasteiger partial charge is 0.489 e. The topological polar surface area (TPSA) is 234 Å². The van der Waals surface area contributed by atoms with Crippen molar-refractivity contribution in [1.29, 1.82) is 0 Å². The van der Waals surface area contributed by atoms with Gasteiger partial charge >= 0.3 is 0 Å². The molecule has 0 saturated heterocycles. The molecule has 1 fully saturated rings. The van der Waals surface area contributed by atoms with Crippen molar-refractivity contribution in [2.45, 2.75) is 72.1 Å². The minimum atomic E-state index is -0.606. The Kier molecular flexibility index (Phi) is 8.51. The lowest BCUT2D eigenvalue weighted by Crippen LogP contribution is -2.27. The van der Waals surface area contributed by atoms with E-state index in [1.165, 1.54) is 0 Å². The first-order valence-corrected chi connectivity index (χ1v) is 19.1. The number of benzene rings is 2. The Morgan fingerprint density at radius 2 is 1.11 bits per heavy atom. The molecule has 1 saturated carbocycles. The summed E-state index contributed by atoms with van der Waals surface area (Å²) in [6.07, 6.45) is 2.41. The third kappa shape index (κ3) is 6.20. The lowest BCUT2D eigenvalue weighted by atomic mass is 10.0. The Morgan fingerprint density at radius 3 is 1.49 bits per heavy atom. The number of rotatable bonds is 12. The fourth-order valence-electron chi connectivity index (χ4n) is 8.50. The highest BCUT2D eigenvalue weighted by Crippen LogP contribution is 2.52. The van der Waals surface area contributed by atoms with Gasteiger partial charge in [0.15, 0.2) is 0 Å². The molecule has 3 aliphatic rings. The van der Waals surface area contributed by atoms with Crippen LogP contribution in [0, 0.1) is 25.7 Å². The molecule has 0 bridgehead atoms. The molecule has 4 aromatic heterocycles. The summed E-state index contributed by atoms with van der Waals surface area (Å²) in [5.41, 5.74) is 16.4. The van der Waals surface area contributed by atoms with E-state index in [1.807, 2.05) is 36.8 Å². The van der Waals surface area contributed by atoms with Crippen LogP contribution in [0.15, 0.2) is 36.4 Å². The highest BCUT2D eigenvalue weighted by Gasteiger charge is 2.44. The number of aromatic nitrogens is 8. The van der Waals surface area contributed by atoms with Gasteiger partial charge in [-0.2, -0.15) is 10.2 Å². The third-order valence-electron chi connectivity index (χ3n) is 11.2. The minimum Gasteiger partial charge on any atom is -0.489 e. The summed E-state index contributed by atoms with van der Waals surface area (Å²) in [6, 6.07) is 9.59. The lowest BCUT2D eigenvalue weighted by molar-refractivity contribution is 0.0991. The first kappa shape index (κ1) is 35.9. The summed E-state index contributed by atoms with van der Waals surface area (Å²) in [6.45, 7) is 9.15. The van der Waals surface area contributed by atoms with Crippen LogP contribution >= 0.6 is 0 Å². The number of carbonyl (C=O) groups excluding carboxylic acids is 4. The standard InChI is InChI=1S/C39H42N12O6/c1-5-48-28(7-18(3)46-48)36(54)44-38-42-26-12-22(34(40)52)14-30-32(26)50(38)24(16-56-30)10-20-9-21(20)11-25-17-57-31-15-23(35(41)53)13-27-33(31)51(25)39(43-27)45-37(55)29-8-19(4)47-49(29)6-2/h7-8,12-15,20-21,24-25H,5-6,9-11,16-17H2,1-4H3,(H2,40,52)(H2,41,53)(H,42,44,54)(H,43,45,55)/t20?,21?,24-,25-/m0/s1. The number of hydrogen-bond donors (Lipinski definition) is 4. The Labute approximate surface area is 325 Å². The van der Waals surface area contributed by atoms with Crippen LogP contribution in [-0.4, -0.2) is 75.5 Å². The fraction of sp³-hybridized carbons (Fsp3) is 0.385. The summed E-state index contributed by atoms with van der Waals surface area (Å²) in [4.78, 5) is 61.2. The molecule has 6 N–H and O–H groups in total. The van der Waals surface area contributed by atoms with Crippen LogP contribution in [0.3, 0.4) is 0 Å². The van der Waals surface area contributed by atoms with E-state index in [0.29, 0.717) is 95.0 Å². The molecule has 4 amide bonds. The van der Waals surface area contributed by atoms with E-state index in [4.69, 9.17) is 30.9 Å². The zero-order chi connectivity index (χ0) is 39.9. The smallest absolute Gasteiger partial charge is 0.276 e. The maximum absolute atomic E-state index is 13.6. The van der Waals surface area contributed by atoms with E-state index in [1.54, 1.807) is 45.8 Å². The Hall–Kier alpha value is -6.72. The second-order valence-corrected chi connectivity index (χ2v) is 15.1.